The highest BCUT2D eigenvalue weighted by molar-refractivity contribution is 9.10. The summed E-state index contributed by atoms with van der Waals surface area (Å²) in [5, 5.41) is 6.33. The summed E-state index contributed by atoms with van der Waals surface area (Å²) in [4.78, 5) is 21.5. The van der Waals surface area contributed by atoms with Crippen molar-refractivity contribution in [3.05, 3.63) is 70.5 Å². The molecule has 27 heavy (non-hydrogen) atoms. The summed E-state index contributed by atoms with van der Waals surface area (Å²) < 4.78 is 1.02. The fraction of sp³-hybridized carbons (Fsp3) is 0.238. The number of rotatable bonds is 3. The Morgan fingerprint density at radius 3 is 2.48 bits per heavy atom. The molecule has 0 N–H and O–H groups in total. The lowest BCUT2D eigenvalue weighted by molar-refractivity contribution is -0.136. The number of nitrogens with zero attached hydrogens (tertiary/aromatic N) is 4. The highest BCUT2D eigenvalue weighted by Crippen LogP contribution is 2.34. The van der Waals surface area contributed by atoms with Gasteiger partial charge in [-0.2, -0.15) is 5.10 Å². The molecular weight excluding hydrogens is 404 g/mol. The molecule has 0 unspecified atom stereocenters. The minimum atomic E-state index is -0.134. The summed E-state index contributed by atoms with van der Waals surface area (Å²) in [6, 6.07) is 13.9. The summed E-state index contributed by atoms with van der Waals surface area (Å²) >= 11 is 3.46. The van der Waals surface area contributed by atoms with E-state index < -0.39 is 0 Å². The number of halogens is 1. The Bertz CT molecular complexity index is 1030. The molecule has 1 aromatic heterocycles. The van der Waals surface area contributed by atoms with Crippen LogP contribution in [0.3, 0.4) is 0 Å². The first-order chi connectivity index (χ1) is 13.0. The van der Waals surface area contributed by atoms with Gasteiger partial charge in [0.1, 0.15) is 0 Å². The highest BCUT2D eigenvalue weighted by Gasteiger charge is 2.34. The van der Waals surface area contributed by atoms with Gasteiger partial charge in [0.15, 0.2) is 0 Å². The van der Waals surface area contributed by atoms with E-state index in [1.165, 1.54) is 0 Å². The summed E-state index contributed by atoms with van der Waals surface area (Å²) in [7, 11) is 0. The predicted octanol–water partition coefficient (Wildman–Crippen LogP) is 4.73. The highest BCUT2D eigenvalue weighted by atomic mass is 79.9. The van der Waals surface area contributed by atoms with Crippen LogP contribution in [0.1, 0.15) is 37.4 Å². The van der Waals surface area contributed by atoms with Crippen molar-refractivity contribution in [2.24, 2.45) is 11.0 Å². The molecule has 1 amide bonds. The molecule has 5 nitrogen and oxygen atoms in total. The van der Waals surface area contributed by atoms with E-state index in [1.54, 1.807) is 17.4 Å². The Balaban J connectivity index is 1.73. The van der Waals surface area contributed by atoms with Crippen molar-refractivity contribution in [1.29, 1.82) is 0 Å². The van der Waals surface area contributed by atoms with Gasteiger partial charge in [0.05, 0.1) is 22.8 Å². The molecule has 136 valence electrons. The number of benzene rings is 2. The number of hydrogen-bond donors (Lipinski definition) is 0. The van der Waals surface area contributed by atoms with Gasteiger partial charge in [0, 0.05) is 29.2 Å². The molecule has 0 aliphatic carbocycles. The number of fused-ring (bicyclic) bond motifs is 1. The molecule has 0 spiro atoms. The van der Waals surface area contributed by atoms with Gasteiger partial charge in [-0.05, 0) is 35.4 Å². The lowest BCUT2D eigenvalue weighted by Gasteiger charge is -2.23. The van der Waals surface area contributed by atoms with Crippen LogP contribution in [0.15, 0.2) is 64.4 Å². The fourth-order valence-corrected chi connectivity index (χ4v) is 3.51. The molecule has 3 aromatic rings. The van der Waals surface area contributed by atoms with E-state index in [2.05, 4.69) is 25.9 Å². The molecule has 0 saturated carbocycles. The number of carbonyl (C=O) groups excluding carboxylic acids is 1. The van der Waals surface area contributed by atoms with Crippen molar-refractivity contribution in [2.45, 2.75) is 26.3 Å². The quantitative estimate of drug-likeness (QED) is 0.612. The first-order valence-electron chi connectivity index (χ1n) is 8.90. The van der Waals surface area contributed by atoms with Crippen LogP contribution in [0.2, 0.25) is 0 Å². The first kappa shape index (κ1) is 17.8. The number of hydrazone groups is 1. The Morgan fingerprint density at radius 1 is 1.07 bits per heavy atom. The molecule has 0 saturated heterocycles. The smallest absolute Gasteiger partial charge is 0.245 e. The number of hydrogen-bond acceptors (Lipinski definition) is 4. The van der Waals surface area contributed by atoms with Crippen LogP contribution in [-0.4, -0.2) is 26.6 Å². The molecule has 0 bridgehead atoms. The lowest BCUT2D eigenvalue weighted by atomic mass is 9.97. The van der Waals surface area contributed by atoms with Gasteiger partial charge < -0.3 is 0 Å². The van der Waals surface area contributed by atoms with E-state index in [1.807, 2.05) is 56.3 Å². The Labute approximate surface area is 166 Å². The summed E-state index contributed by atoms with van der Waals surface area (Å²) in [5.74, 6) is -0.105. The molecule has 0 fully saturated rings. The predicted molar refractivity (Wildman–Crippen MR) is 109 cm³/mol. The molecule has 6 heteroatoms. The van der Waals surface area contributed by atoms with Gasteiger partial charge in [-0.25, -0.2) is 5.01 Å². The number of aromatic nitrogens is 2. The first-order valence-corrected chi connectivity index (χ1v) is 9.69. The van der Waals surface area contributed by atoms with E-state index in [0.717, 1.165) is 32.3 Å². The normalized spacial score (nSPS) is 16.8. The van der Waals surface area contributed by atoms with Crippen LogP contribution in [-0.2, 0) is 4.79 Å². The van der Waals surface area contributed by atoms with Crippen molar-refractivity contribution in [3.8, 4) is 0 Å². The van der Waals surface area contributed by atoms with Crippen molar-refractivity contribution < 1.29 is 4.79 Å². The number of amides is 1. The zero-order valence-corrected chi connectivity index (χ0v) is 16.7. The molecule has 2 aromatic carbocycles. The average Bonchev–Trinajstić information content (AvgIpc) is 3.12. The summed E-state index contributed by atoms with van der Waals surface area (Å²) in [5.41, 5.74) is 4.63. The van der Waals surface area contributed by atoms with Crippen LogP contribution in [0.4, 0.5) is 0 Å². The van der Waals surface area contributed by atoms with Crippen LogP contribution in [0.5, 0.6) is 0 Å². The zero-order valence-electron chi connectivity index (χ0n) is 15.1. The van der Waals surface area contributed by atoms with Gasteiger partial charge in [-0.15, -0.1) is 0 Å². The molecule has 1 aliphatic rings. The maximum Gasteiger partial charge on any atom is 0.245 e. The minimum Gasteiger partial charge on any atom is -0.273 e. The van der Waals surface area contributed by atoms with E-state index in [-0.39, 0.29) is 17.9 Å². The summed E-state index contributed by atoms with van der Waals surface area (Å²) in [6.07, 6.45) is 4.04. The van der Waals surface area contributed by atoms with Gasteiger partial charge in [-0.3, -0.25) is 14.8 Å². The third kappa shape index (κ3) is 3.49. The van der Waals surface area contributed by atoms with Crippen LogP contribution < -0.4 is 0 Å². The van der Waals surface area contributed by atoms with Crippen molar-refractivity contribution in [1.82, 2.24) is 15.0 Å². The summed E-state index contributed by atoms with van der Waals surface area (Å²) in [6.45, 7) is 3.80. The van der Waals surface area contributed by atoms with Crippen LogP contribution >= 0.6 is 15.9 Å². The Kier molecular flexibility index (Phi) is 4.74. The van der Waals surface area contributed by atoms with Crippen molar-refractivity contribution in [3.63, 3.8) is 0 Å². The Hall–Kier alpha value is -2.60. The zero-order chi connectivity index (χ0) is 19.0. The third-order valence-corrected chi connectivity index (χ3v) is 5.21. The maximum absolute atomic E-state index is 12.8. The van der Waals surface area contributed by atoms with Crippen molar-refractivity contribution in [2.75, 3.05) is 0 Å². The van der Waals surface area contributed by atoms with E-state index >= 15 is 0 Å². The van der Waals surface area contributed by atoms with Crippen molar-refractivity contribution >= 4 is 38.6 Å². The van der Waals surface area contributed by atoms with E-state index in [0.29, 0.717) is 6.42 Å². The van der Waals surface area contributed by atoms with Gasteiger partial charge in [0.25, 0.3) is 0 Å². The van der Waals surface area contributed by atoms with Crippen LogP contribution in [0.25, 0.3) is 11.0 Å². The minimum absolute atomic E-state index is 0.0198. The molecule has 1 aliphatic heterocycles. The standard InChI is InChI=1S/C21H19BrN4O/c1-13(2)21(27)26-20(12-18(25-26)14-3-6-16(22)7-4-14)15-5-8-17-19(11-15)24-10-9-23-17/h3-11,13,20H,12H2,1-2H3/t20-/m0/s1. The molecule has 1 atom stereocenters. The molecule has 2 heterocycles. The average molecular weight is 423 g/mol. The molecular formula is C21H19BrN4O. The fourth-order valence-electron chi connectivity index (χ4n) is 3.24. The topological polar surface area (TPSA) is 58.5 Å². The maximum atomic E-state index is 12.8. The van der Waals surface area contributed by atoms with Gasteiger partial charge >= 0.3 is 0 Å². The second-order valence-electron chi connectivity index (χ2n) is 6.92. The number of carbonyl (C=O) groups is 1. The molecule has 4 rings (SSSR count). The largest absolute Gasteiger partial charge is 0.273 e. The van der Waals surface area contributed by atoms with Gasteiger partial charge in [0.2, 0.25) is 5.91 Å². The second kappa shape index (κ2) is 7.19. The van der Waals surface area contributed by atoms with E-state index in [4.69, 9.17) is 5.10 Å². The Morgan fingerprint density at radius 2 is 1.78 bits per heavy atom. The second-order valence-corrected chi connectivity index (χ2v) is 7.83. The molecule has 0 radical (unpaired) electrons. The van der Waals surface area contributed by atoms with Gasteiger partial charge in [-0.1, -0.05) is 48.0 Å². The SMILES string of the molecule is CC(C)C(=O)N1N=C(c2ccc(Br)cc2)C[C@H]1c1ccc2nccnc2c1. The third-order valence-electron chi connectivity index (χ3n) is 4.69. The monoisotopic (exact) mass is 422 g/mol. The van der Waals surface area contributed by atoms with Crippen LogP contribution in [0, 0.1) is 5.92 Å². The lowest BCUT2D eigenvalue weighted by Crippen LogP contribution is -2.30. The van der Waals surface area contributed by atoms with E-state index in [9.17, 15) is 4.79 Å².